The van der Waals surface area contributed by atoms with E-state index in [-0.39, 0.29) is 17.1 Å². The molecule has 0 aliphatic rings. The lowest BCUT2D eigenvalue weighted by Crippen LogP contribution is -2.22. The first-order valence-corrected chi connectivity index (χ1v) is 7.04. The minimum atomic E-state index is -0.452. The molecule has 21 heavy (non-hydrogen) atoms. The quantitative estimate of drug-likeness (QED) is 0.509. The van der Waals surface area contributed by atoms with Crippen LogP contribution in [-0.4, -0.2) is 22.7 Å². The Morgan fingerprint density at radius 2 is 2.14 bits per heavy atom. The fourth-order valence-corrected chi connectivity index (χ4v) is 2.42. The molecule has 6 heteroatoms. The summed E-state index contributed by atoms with van der Waals surface area (Å²) in [5, 5.41) is 23.5. The van der Waals surface area contributed by atoms with Crippen molar-refractivity contribution in [1.82, 2.24) is 5.32 Å². The highest BCUT2D eigenvalue weighted by Crippen LogP contribution is 2.22. The normalized spacial score (nSPS) is 9.76. The summed E-state index contributed by atoms with van der Waals surface area (Å²) < 4.78 is 0. The monoisotopic (exact) mass is 302 g/mol. The van der Waals surface area contributed by atoms with Crippen molar-refractivity contribution >= 4 is 17.2 Å². The van der Waals surface area contributed by atoms with Crippen molar-refractivity contribution in [3.05, 3.63) is 45.6 Å². The molecule has 5 N–H and O–H groups in total. The molecule has 0 fully saturated rings. The third-order valence-electron chi connectivity index (χ3n) is 2.64. The lowest BCUT2D eigenvalue weighted by Gasteiger charge is -2.06. The number of aromatic hydroxyl groups is 2. The number of hydrogen-bond donors (Lipinski definition) is 4. The SMILES string of the molecule is NCC#Cc1csc(CNC(=O)c2cc(O)ccc2O)c1. The molecule has 0 radical (unpaired) electrons. The summed E-state index contributed by atoms with van der Waals surface area (Å²) in [7, 11) is 0. The van der Waals surface area contributed by atoms with Crippen LogP contribution in [0.15, 0.2) is 29.6 Å². The number of hydrogen-bond acceptors (Lipinski definition) is 5. The molecule has 0 unspecified atom stereocenters. The van der Waals surface area contributed by atoms with Crippen LogP contribution in [-0.2, 0) is 6.54 Å². The van der Waals surface area contributed by atoms with Crippen molar-refractivity contribution < 1.29 is 15.0 Å². The highest BCUT2D eigenvalue weighted by Gasteiger charge is 2.12. The zero-order chi connectivity index (χ0) is 15.2. The van der Waals surface area contributed by atoms with E-state index in [9.17, 15) is 15.0 Å². The number of carbonyl (C=O) groups excluding carboxylic acids is 1. The van der Waals surface area contributed by atoms with E-state index in [1.165, 1.54) is 29.5 Å². The fraction of sp³-hybridized carbons (Fsp3) is 0.133. The van der Waals surface area contributed by atoms with E-state index in [2.05, 4.69) is 17.2 Å². The second-order valence-electron chi connectivity index (χ2n) is 4.19. The molecule has 5 nitrogen and oxygen atoms in total. The highest BCUT2D eigenvalue weighted by molar-refractivity contribution is 7.10. The van der Waals surface area contributed by atoms with Crippen LogP contribution in [0.2, 0.25) is 0 Å². The molecule has 1 amide bonds. The number of nitrogens with two attached hydrogens (primary N) is 1. The van der Waals surface area contributed by atoms with Crippen LogP contribution in [0, 0.1) is 11.8 Å². The Balaban J connectivity index is 2.01. The molecule has 0 saturated heterocycles. The number of phenolic OH excluding ortho intramolecular Hbond substituents is 2. The summed E-state index contributed by atoms with van der Waals surface area (Å²) in [4.78, 5) is 12.9. The second-order valence-corrected chi connectivity index (χ2v) is 5.19. The Morgan fingerprint density at radius 1 is 1.33 bits per heavy atom. The van der Waals surface area contributed by atoms with Crippen molar-refractivity contribution in [3.8, 4) is 23.3 Å². The summed E-state index contributed by atoms with van der Waals surface area (Å²) in [6.07, 6.45) is 0. The summed E-state index contributed by atoms with van der Waals surface area (Å²) in [5.41, 5.74) is 6.19. The molecular formula is C15H14N2O3S. The van der Waals surface area contributed by atoms with Crippen LogP contribution in [0.25, 0.3) is 0 Å². The molecule has 0 atom stereocenters. The predicted octanol–water partition coefficient (Wildman–Crippen LogP) is 1.40. The maximum Gasteiger partial charge on any atom is 0.255 e. The maximum atomic E-state index is 11.9. The van der Waals surface area contributed by atoms with Gasteiger partial charge in [-0.05, 0) is 24.3 Å². The standard InChI is InChI=1S/C15H14N2O3S/c16-5-1-2-10-6-12(21-9-10)8-17-15(20)13-7-11(18)3-4-14(13)19/h3-4,6-7,9,18-19H,5,8,16H2,(H,17,20). The number of thiophene rings is 1. The first kappa shape index (κ1) is 14.9. The third-order valence-corrected chi connectivity index (χ3v) is 3.57. The minimum Gasteiger partial charge on any atom is -0.508 e. The van der Waals surface area contributed by atoms with Gasteiger partial charge in [0.15, 0.2) is 0 Å². The average molecular weight is 302 g/mol. The van der Waals surface area contributed by atoms with Gasteiger partial charge in [-0.3, -0.25) is 4.79 Å². The van der Waals surface area contributed by atoms with E-state index in [1.807, 2.05) is 11.4 Å². The Bertz CT molecular complexity index is 713. The third kappa shape index (κ3) is 3.99. The van der Waals surface area contributed by atoms with Gasteiger partial charge in [0.25, 0.3) is 5.91 Å². The van der Waals surface area contributed by atoms with Crippen LogP contribution >= 0.6 is 11.3 Å². The second kappa shape index (κ2) is 6.79. The van der Waals surface area contributed by atoms with Gasteiger partial charge in [-0.15, -0.1) is 11.3 Å². The lowest BCUT2D eigenvalue weighted by molar-refractivity contribution is 0.0948. The summed E-state index contributed by atoms with van der Waals surface area (Å²) in [6, 6.07) is 5.68. The number of amides is 1. The molecule has 2 rings (SSSR count). The van der Waals surface area contributed by atoms with Gasteiger partial charge >= 0.3 is 0 Å². The minimum absolute atomic E-state index is 0.0368. The van der Waals surface area contributed by atoms with Crippen molar-refractivity contribution in [3.63, 3.8) is 0 Å². The molecule has 1 aromatic carbocycles. The molecule has 0 aliphatic heterocycles. The molecular weight excluding hydrogens is 288 g/mol. The van der Waals surface area contributed by atoms with Gasteiger partial charge in [-0.1, -0.05) is 11.8 Å². The van der Waals surface area contributed by atoms with Gasteiger partial charge in [0.05, 0.1) is 18.7 Å². The van der Waals surface area contributed by atoms with E-state index < -0.39 is 5.91 Å². The fourth-order valence-electron chi connectivity index (χ4n) is 1.66. The van der Waals surface area contributed by atoms with Gasteiger partial charge < -0.3 is 21.3 Å². The summed E-state index contributed by atoms with van der Waals surface area (Å²) in [6.45, 7) is 0.627. The van der Waals surface area contributed by atoms with Gasteiger partial charge in [-0.25, -0.2) is 0 Å². The molecule has 1 heterocycles. The van der Waals surface area contributed by atoms with E-state index in [0.29, 0.717) is 13.1 Å². The Labute approximate surface area is 126 Å². The number of rotatable bonds is 3. The van der Waals surface area contributed by atoms with Crippen LogP contribution in [0.5, 0.6) is 11.5 Å². The molecule has 2 aromatic rings. The first-order chi connectivity index (χ1) is 10.1. The van der Waals surface area contributed by atoms with E-state index in [4.69, 9.17) is 5.73 Å². The van der Waals surface area contributed by atoms with E-state index in [1.54, 1.807) is 0 Å². The lowest BCUT2D eigenvalue weighted by atomic mass is 10.1. The molecule has 108 valence electrons. The van der Waals surface area contributed by atoms with Gasteiger partial charge in [0.2, 0.25) is 0 Å². The summed E-state index contributed by atoms with van der Waals surface area (Å²) in [5.74, 6) is 4.97. The first-order valence-electron chi connectivity index (χ1n) is 6.16. The number of phenols is 2. The van der Waals surface area contributed by atoms with Crippen molar-refractivity contribution in [1.29, 1.82) is 0 Å². The smallest absolute Gasteiger partial charge is 0.255 e. The largest absolute Gasteiger partial charge is 0.508 e. The molecule has 0 bridgehead atoms. The average Bonchev–Trinajstić information content (AvgIpc) is 2.93. The van der Waals surface area contributed by atoms with Crippen LogP contribution in [0.3, 0.4) is 0 Å². The molecule has 1 aromatic heterocycles. The highest BCUT2D eigenvalue weighted by atomic mass is 32.1. The Hall–Kier alpha value is -2.49. The topological polar surface area (TPSA) is 95.6 Å². The van der Waals surface area contributed by atoms with Crippen molar-refractivity contribution in [2.45, 2.75) is 6.54 Å². The van der Waals surface area contributed by atoms with Gasteiger partial charge in [0, 0.05) is 15.8 Å². The Morgan fingerprint density at radius 3 is 2.90 bits per heavy atom. The summed E-state index contributed by atoms with van der Waals surface area (Å²) >= 11 is 1.47. The van der Waals surface area contributed by atoms with Crippen molar-refractivity contribution in [2.75, 3.05) is 6.54 Å². The van der Waals surface area contributed by atoms with Crippen LogP contribution in [0.1, 0.15) is 20.8 Å². The zero-order valence-electron chi connectivity index (χ0n) is 11.1. The molecule has 0 spiro atoms. The molecule has 0 aliphatic carbocycles. The van der Waals surface area contributed by atoms with Crippen LogP contribution in [0.4, 0.5) is 0 Å². The van der Waals surface area contributed by atoms with Gasteiger partial charge in [0.1, 0.15) is 11.5 Å². The zero-order valence-corrected chi connectivity index (χ0v) is 11.9. The van der Waals surface area contributed by atoms with Crippen LogP contribution < -0.4 is 11.1 Å². The number of carbonyl (C=O) groups is 1. The Kier molecular flexibility index (Phi) is 4.82. The van der Waals surface area contributed by atoms with E-state index in [0.717, 1.165) is 10.4 Å². The number of nitrogens with one attached hydrogen (secondary N) is 1. The van der Waals surface area contributed by atoms with Gasteiger partial charge in [-0.2, -0.15) is 0 Å². The molecule has 0 saturated carbocycles. The van der Waals surface area contributed by atoms with E-state index >= 15 is 0 Å². The van der Waals surface area contributed by atoms with Crippen molar-refractivity contribution in [2.24, 2.45) is 5.73 Å². The maximum absolute atomic E-state index is 11.9. The predicted molar refractivity (Wildman–Crippen MR) is 81.2 cm³/mol. The number of benzene rings is 1.